The number of benzene rings is 1. The maximum atomic E-state index is 11.7. The molecule has 0 atom stereocenters. The SMILES string of the molecule is CC(C)NC(=O)COc1ccc(B2OC(C)(C)C(C)(C)O2)c(C#N)c1. The summed E-state index contributed by atoms with van der Waals surface area (Å²) in [6.45, 7) is 11.5. The van der Waals surface area contributed by atoms with Crippen LogP contribution >= 0.6 is 0 Å². The number of nitriles is 1. The minimum Gasteiger partial charge on any atom is -0.484 e. The van der Waals surface area contributed by atoms with Gasteiger partial charge in [0.15, 0.2) is 6.61 Å². The van der Waals surface area contributed by atoms with Crippen molar-refractivity contribution in [3.63, 3.8) is 0 Å². The zero-order chi connectivity index (χ0) is 18.8. The summed E-state index contributed by atoms with van der Waals surface area (Å²) in [4.78, 5) is 11.7. The van der Waals surface area contributed by atoms with Crippen LogP contribution in [0.1, 0.15) is 47.1 Å². The van der Waals surface area contributed by atoms with Crippen molar-refractivity contribution in [1.82, 2.24) is 5.32 Å². The van der Waals surface area contributed by atoms with Gasteiger partial charge in [-0.2, -0.15) is 5.26 Å². The number of carbonyl (C=O) groups is 1. The third-order valence-corrected chi connectivity index (χ3v) is 4.47. The molecule has 25 heavy (non-hydrogen) atoms. The summed E-state index contributed by atoms with van der Waals surface area (Å²) in [7, 11) is -0.613. The second kappa shape index (κ2) is 7.07. The van der Waals surface area contributed by atoms with Crippen LogP contribution in [0.3, 0.4) is 0 Å². The van der Waals surface area contributed by atoms with Crippen LogP contribution in [0.15, 0.2) is 18.2 Å². The molecule has 0 bridgehead atoms. The molecule has 1 N–H and O–H groups in total. The lowest BCUT2D eigenvalue weighted by molar-refractivity contribution is -0.123. The van der Waals surface area contributed by atoms with E-state index in [1.54, 1.807) is 18.2 Å². The van der Waals surface area contributed by atoms with Crippen LogP contribution in [0.5, 0.6) is 5.75 Å². The molecule has 6 nitrogen and oxygen atoms in total. The second-order valence-corrected chi connectivity index (χ2v) is 7.46. The number of amides is 1. The molecule has 0 radical (unpaired) electrons. The largest absolute Gasteiger partial charge is 0.496 e. The lowest BCUT2D eigenvalue weighted by Gasteiger charge is -2.32. The zero-order valence-corrected chi connectivity index (χ0v) is 15.7. The van der Waals surface area contributed by atoms with Crippen LogP contribution in [0.4, 0.5) is 0 Å². The highest BCUT2D eigenvalue weighted by Crippen LogP contribution is 2.36. The highest BCUT2D eigenvalue weighted by molar-refractivity contribution is 6.62. The van der Waals surface area contributed by atoms with E-state index in [9.17, 15) is 10.1 Å². The Morgan fingerprint density at radius 3 is 2.40 bits per heavy atom. The van der Waals surface area contributed by atoms with Crippen LogP contribution < -0.4 is 15.5 Å². The molecule has 0 aromatic heterocycles. The molecule has 1 saturated heterocycles. The number of nitrogens with zero attached hydrogens (tertiary/aromatic N) is 1. The van der Waals surface area contributed by atoms with Crippen molar-refractivity contribution >= 4 is 18.5 Å². The number of nitrogens with one attached hydrogen (secondary N) is 1. The van der Waals surface area contributed by atoms with E-state index >= 15 is 0 Å². The van der Waals surface area contributed by atoms with Crippen LogP contribution in [0.2, 0.25) is 0 Å². The summed E-state index contributed by atoms with van der Waals surface area (Å²) in [6, 6.07) is 7.26. The Labute approximate surface area is 149 Å². The van der Waals surface area contributed by atoms with Gasteiger partial charge in [-0.25, -0.2) is 0 Å². The standard InChI is InChI=1S/C18H25BN2O4/c1-12(2)21-16(22)11-23-14-7-8-15(13(9-14)10-20)19-24-17(3,4)18(5,6)25-19/h7-9,12H,11H2,1-6H3,(H,21,22). The minimum absolute atomic E-state index is 0.0523. The third kappa shape index (κ3) is 4.33. The first-order valence-electron chi connectivity index (χ1n) is 8.37. The van der Waals surface area contributed by atoms with Gasteiger partial charge in [0.2, 0.25) is 0 Å². The van der Waals surface area contributed by atoms with Crippen molar-refractivity contribution in [3.8, 4) is 11.8 Å². The highest BCUT2D eigenvalue weighted by Gasteiger charge is 2.52. The summed E-state index contributed by atoms with van der Waals surface area (Å²) in [5, 5.41) is 12.2. The van der Waals surface area contributed by atoms with E-state index in [0.29, 0.717) is 16.8 Å². The number of hydrogen-bond donors (Lipinski definition) is 1. The van der Waals surface area contributed by atoms with Gasteiger partial charge in [0, 0.05) is 11.5 Å². The first-order chi connectivity index (χ1) is 11.6. The van der Waals surface area contributed by atoms with Gasteiger partial charge in [0.05, 0.1) is 22.8 Å². The van der Waals surface area contributed by atoms with E-state index in [1.807, 2.05) is 41.5 Å². The first-order valence-corrected chi connectivity index (χ1v) is 8.37. The fraction of sp³-hybridized carbons (Fsp3) is 0.556. The Morgan fingerprint density at radius 1 is 1.28 bits per heavy atom. The van der Waals surface area contributed by atoms with Crippen LogP contribution in [0, 0.1) is 11.3 Å². The molecule has 0 unspecified atom stereocenters. The number of rotatable bonds is 5. The van der Waals surface area contributed by atoms with Crippen molar-refractivity contribution in [2.24, 2.45) is 0 Å². The Balaban J connectivity index is 2.13. The Hall–Kier alpha value is -2.04. The predicted octanol–water partition coefficient (Wildman–Crippen LogP) is 1.76. The van der Waals surface area contributed by atoms with Crippen LogP contribution in [-0.2, 0) is 14.1 Å². The summed E-state index contributed by atoms with van der Waals surface area (Å²) in [6.07, 6.45) is 0. The predicted molar refractivity (Wildman–Crippen MR) is 95.6 cm³/mol. The highest BCUT2D eigenvalue weighted by atomic mass is 16.7. The molecule has 1 aromatic carbocycles. The maximum Gasteiger partial charge on any atom is 0.496 e. The molecule has 1 aliphatic heterocycles. The van der Waals surface area contributed by atoms with Gasteiger partial charge in [-0.15, -0.1) is 0 Å². The monoisotopic (exact) mass is 344 g/mol. The van der Waals surface area contributed by atoms with Crippen molar-refractivity contribution in [3.05, 3.63) is 23.8 Å². The lowest BCUT2D eigenvalue weighted by Crippen LogP contribution is -2.41. The Kier molecular flexibility index (Phi) is 5.45. The second-order valence-electron chi connectivity index (χ2n) is 7.46. The van der Waals surface area contributed by atoms with Gasteiger partial charge in [0.25, 0.3) is 5.91 Å². The maximum absolute atomic E-state index is 11.7. The van der Waals surface area contributed by atoms with Crippen molar-refractivity contribution < 1.29 is 18.8 Å². The first kappa shape index (κ1) is 19.3. The van der Waals surface area contributed by atoms with Gasteiger partial charge in [0.1, 0.15) is 5.75 Å². The van der Waals surface area contributed by atoms with Gasteiger partial charge in [-0.3, -0.25) is 4.79 Å². The fourth-order valence-electron chi connectivity index (χ4n) is 2.41. The molecule has 1 amide bonds. The van der Waals surface area contributed by atoms with E-state index in [2.05, 4.69) is 11.4 Å². The number of hydrogen-bond acceptors (Lipinski definition) is 5. The fourth-order valence-corrected chi connectivity index (χ4v) is 2.41. The smallest absolute Gasteiger partial charge is 0.484 e. The molecule has 7 heteroatoms. The van der Waals surface area contributed by atoms with Crippen LogP contribution in [0.25, 0.3) is 0 Å². The van der Waals surface area contributed by atoms with E-state index < -0.39 is 18.3 Å². The molecular weight excluding hydrogens is 319 g/mol. The molecule has 2 rings (SSSR count). The summed E-state index contributed by atoms with van der Waals surface area (Å²) < 4.78 is 17.5. The van der Waals surface area contributed by atoms with Crippen molar-refractivity contribution in [2.45, 2.75) is 58.8 Å². The molecule has 0 spiro atoms. The molecule has 0 aliphatic carbocycles. The molecule has 0 saturated carbocycles. The molecule has 1 heterocycles. The summed E-state index contributed by atoms with van der Waals surface area (Å²) in [5.74, 6) is 0.249. The average molecular weight is 344 g/mol. The molecule has 134 valence electrons. The quantitative estimate of drug-likeness (QED) is 0.824. The topological polar surface area (TPSA) is 80.6 Å². The Morgan fingerprint density at radius 2 is 1.88 bits per heavy atom. The van der Waals surface area contributed by atoms with Crippen molar-refractivity contribution in [2.75, 3.05) is 6.61 Å². The zero-order valence-electron chi connectivity index (χ0n) is 15.7. The lowest BCUT2D eigenvalue weighted by atomic mass is 9.76. The average Bonchev–Trinajstić information content (AvgIpc) is 2.72. The number of ether oxygens (including phenoxy) is 1. The van der Waals surface area contributed by atoms with Crippen molar-refractivity contribution in [1.29, 1.82) is 5.26 Å². The minimum atomic E-state index is -0.613. The van der Waals surface area contributed by atoms with E-state index in [1.165, 1.54) is 0 Å². The third-order valence-electron chi connectivity index (χ3n) is 4.47. The van der Waals surface area contributed by atoms with Gasteiger partial charge < -0.3 is 19.4 Å². The van der Waals surface area contributed by atoms with Gasteiger partial charge >= 0.3 is 7.12 Å². The normalized spacial score (nSPS) is 18.1. The summed E-state index contributed by atoms with van der Waals surface area (Å²) >= 11 is 0. The summed E-state index contributed by atoms with van der Waals surface area (Å²) in [5.41, 5.74) is 0.101. The number of carbonyl (C=O) groups excluding carboxylic acids is 1. The molecular formula is C18H25BN2O4. The van der Waals surface area contributed by atoms with Gasteiger partial charge in [-0.1, -0.05) is 6.07 Å². The van der Waals surface area contributed by atoms with E-state index in [0.717, 1.165) is 0 Å². The van der Waals surface area contributed by atoms with E-state index in [-0.39, 0.29) is 18.6 Å². The molecule has 1 aliphatic rings. The molecule has 1 aromatic rings. The Bertz CT molecular complexity index is 679. The van der Waals surface area contributed by atoms with E-state index in [4.69, 9.17) is 14.0 Å². The van der Waals surface area contributed by atoms with Crippen LogP contribution in [-0.4, -0.2) is 36.9 Å². The molecule has 1 fully saturated rings. The van der Waals surface area contributed by atoms with Gasteiger partial charge in [-0.05, 0) is 53.7 Å².